The van der Waals surface area contributed by atoms with E-state index in [1.807, 2.05) is 18.7 Å². The lowest BCUT2D eigenvalue weighted by Crippen LogP contribution is -2.49. The van der Waals surface area contributed by atoms with E-state index >= 15 is 0 Å². The Morgan fingerprint density at radius 3 is 2.50 bits per heavy atom. The van der Waals surface area contributed by atoms with E-state index in [4.69, 9.17) is 5.73 Å². The molecule has 4 heteroatoms. The maximum Gasteiger partial charge on any atom is 0.346 e. The molecule has 1 fully saturated rings. The molecule has 0 aromatic carbocycles. The number of amidine groups is 1. The van der Waals surface area contributed by atoms with Gasteiger partial charge in [0, 0.05) is 6.04 Å². The van der Waals surface area contributed by atoms with Crippen molar-refractivity contribution >= 4 is 11.9 Å². The van der Waals surface area contributed by atoms with Gasteiger partial charge in [-0.3, -0.25) is 0 Å². The van der Waals surface area contributed by atoms with E-state index in [1.54, 1.807) is 0 Å². The molecule has 0 bridgehead atoms. The maximum atomic E-state index is 11.7. The molecule has 1 heterocycles. The van der Waals surface area contributed by atoms with Crippen LogP contribution in [0.5, 0.6) is 0 Å². The number of nitrogens with zero attached hydrogens (tertiary/aromatic N) is 2. The summed E-state index contributed by atoms with van der Waals surface area (Å²) in [5, 5.41) is 0. The van der Waals surface area contributed by atoms with E-state index in [2.05, 4.69) is 4.99 Å². The van der Waals surface area contributed by atoms with Crippen LogP contribution in [0.4, 0.5) is 4.79 Å². The first-order chi connectivity index (χ1) is 7.61. The molecular formula is C12H21N3O. The van der Waals surface area contributed by atoms with Crippen molar-refractivity contribution in [3.63, 3.8) is 0 Å². The molecule has 1 unspecified atom stereocenters. The number of rotatable bonds is 2. The zero-order valence-electron chi connectivity index (χ0n) is 10.1. The summed E-state index contributed by atoms with van der Waals surface area (Å²) in [4.78, 5) is 17.5. The lowest BCUT2D eigenvalue weighted by Gasteiger charge is -2.35. The summed E-state index contributed by atoms with van der Waals surface area (Å²) in [6, 6.07) is 0.0973. The number of urea groups is 1. The number of hydrogen-bond acceptors (Lipinski definition) is 2. The van der Waals surface area contributed by atoms with Crippen molar-refractivity contribution < 1.29 is 4.79 Å². The molecular weight excluding hydrogens is 202 g/mol. The molecule has 0 radical (unpaired) electrons. The molecule has 0 spiro atoms. The molecule has 0 saturated heterocycles. The largest absolute Gasteiger partial charge is 0.385 e. The Morgan fingerprint density at radius 1 is 1.31 bits per heavy atom. The highest BCUT2D eigenvalue weighted by Gasteiger charge is 2.40. The first-order valence-electron chi connectivity index (χ1n) is 6.27. The quantitative estimate of drug-likeness (QED) is 0.779. The summed E-state index contributed by atoms with van der Waals surface area (Å²) in [5.41, 5.74) is 5.92. The summed E-state index contributed by atoms with van der Waals surface area (Å²) in [7, 11) is 0. The van der Waals surface area contributed by atoms with Gasteiger partial charge in [-0.15, -0.1) is 0 Å². The molecule has 1 aliphatic heterocycles. The van der Waals surface area contributed by atoms with Gasteiger partial charge in [0.05, 0.1) is 6.04 Å². The van der Waals surface area contributed by atoms with Gasteiger partial charge < -0.3 is 10.6 Å². The van der Waals surface area contributed by atoms with Crippen molar-refractivity contribution in [2.24, 2.45) is 16.6 Å². The van der Waals surface area contributed by atoms with Crippen LogP contribution in [-0.2, 0) is 0 Å². The third kappa shape index (κ3) is 1.93. The molecule has 2 aliphatic rings. The van der Waals surface area contributed by atoms with Crippen LogP contribution in [0.3, 0.4) is 0 Å². The second-order valence-electron chi connectivity index (χ2n) is 5.16. The normalized spacial score (nSPS) is 27.7. The number of hydrogen-bond donors (Lipinski definition) is 1. The summed E-state index contributed by atoms with van der Waals surface area (Å²) >= 11 is 0. The lowest BCUT2D eigenvalue weighted by molar-refractivity contribution is 0.156. The highest BCUT2D eigenvalue weighted by atomic mass is 16.2. The Morgan fingerprint density at radius 2 is 1.94 bits per heavy atom. The van der Waals surface area contributed by atoms with Gasteiger partial charge in [0.1, 0.15) is 5.84 Å². The van der Waals surface area contributed by atoms with Crippen LogP contribution in [0.15, 0.2) is 4.99 Å². The van der Waals surface area contributed by atoms with Gasteiger partial charge in [-0.05, 0) is 32.6 Å². The first-order valence-corrected chi connectivity index (χ1v) is 6.27. The van der Waals surface area contributed by atoms with Crippen molar-refractivity contribution in [3.8, 4) is 0 Å². The van der Waals surface area contributed by atoms with Crippen LogP contribution in [0, 0.1) is 5.92 Å². The predicted octanol–water partition coefficient (Wildman–Crippen LogP) is 2.14. The Balaban J connectivity index is 2.16. The number of nitrogens with two attached hydrogens (primary N) is 1. The van der Waals surface area contributed by atoms with Crippen LogP contribution >= 0.6 is 0 Å². The van der Waals surface area contributed by atoms with E-state index in [9.17, 15) is 4.79 Å². The lowest BCUT2D eigenvalue weighted by atomic mass is 9.83. The van der Waals surface area contributed by atoms with Crippen molar-refractivity contribution in [1.29, 1.82) is 0 Å². The van der Waals surface area contributed by atoms with Crippen molar-refractivity contribution in [1.82, 2.24) is 4.90 Å². The monoisotopic (exact) mass is 223 g/mol. The van der Waals surface area contributed by atoms with Crippen LogP contribution < -0.4 is 5.73 Å². The fraction of sp³-hybridized carbons (Fsp3) is 0.833. The smallest absolute Gasteiger partial charge is 0.346 e. The second-order valence-corrected chi connectivity index (χ2v) is 5.16. The number of carbonyl (C=O) groups excluding carboxylic acids is 1. The molecule has 1 saturated carbocycles. The molecule has 1 aliphatic carbocycles. The molecule has 90 valence electrons. The molecule has 2 amide bonds. The molecule has 2 rings (SSSR count). The topological polar surface area (TPSA) is 58.7 Å². The fourth-order valence-electron chi connectivity index (χ4n) is 2.96. The van der Waals surface area contributed by atoms with Gasteiger partial charge in [0.15, 0.2) is 0 Å². The van der Waals surface area contributed by atoms with Gasteiger partial charge in [0.2, 0.25) is 0 Å². The summed E-state index contributed by atoms with van der Waals surface area (Å²) in [6.07, 6.45) is 6.19. The van der Waals surface area contributed by atoms with Crippen molar-refractivity contribution in [2.45, 2.75) is 58.0 Å². The fourth-order valence-corrected chi connectivity index (χ4v) is 2.96. The minimum absolute atomic E-state index is 0.0628. The first kappa shape index (κ1) is 11.4. The average molecular weight is 223 g/mol. The number of amides is 2. The van der Waals surface area contributed by atoms with E-state index in [1.165, 1.54) is 32.1 Å². The van der Waals surface area contributed by atoms with Gasteiger partial charge in [-0.25, -0.2) is 4.79 Å². The Labute approximate surface area is 96.9 Å². The third-order valence-corrected chi connectivity index (χ3v) is 3.70. The molecule has 16 heavy (non-hydrogen) atoms. The molecule has 0 aromatic heterocycles. The van der Waals surface area contributed by atoms with E-state index in [0.29, 0.717) is 11.8 Å². The highest BCUT2D eigenvalue weighted by Crippen LogP contribution is 2.32. The van der Waals surface area contributed by atoms with Crippen molar-refractivity contribution in [3.05, 3.63) is 0 Å². The number of aliphatic imine (C=N–C) groups is 1. The second kappa shape index (κ2) is 4.44. The SMILES string of the molecule is CC(C)N1C(=O)N=C(N)C1C1CCCCC1. The maximum absolute atomic E-state index is 11.7. The van der Waals surface area contributed by atoms with Gasteiger partial charge in [-0.2, -0.15) is 4.99 Å². The van der Waals surface area contributed by atoms with Crippen LogP contribution in [0.2, 0.25) is 0 Å². The van der Waals surface area contributed by atoms with Crippen molar-refractivity contribution in [2.75, 3.05) is 0 Å². The summed E-state index contributed by atoms with van der Waals surface area (Å²) in [5.74, 6) is 1.05. The Bertz CT molecular complexity index is 305. The average Bonchev–Trinajstić information content (AvgIpc) is 2.55. The molecule has 1 atom stereocenters. The zero-order valence-corrected chi connectivity index (χ0v) is 10.1. The third-order valence-electron chi connectivity index (χ3n) is 3.70. The van der Waals surface area contributed by atoms with E-state index in [-0.39, 0.29) is 18.1 Å². The number of carbonyl (C=O) groups is 1. The minimum atomic E-state index is -0.150. The van der Waals surface area contributed by atoms with Gasteiger partial charge in [0.25, 0.3) is 0 Å². The molecule has 2 N–H and O–H groups in total. The Hall–Kier alpha value is -1.06. The minimum Gasteiger partial charge on any atom is -0.385 e. The Kier molecular flexibility index (Phi) is 3.17. The predicted molar refractivity (Wildman–Crippen MR) is 64.4 cm³/mol. The van der Waals surface area contributed by atoms with E-state index in [0.717, 1.165) is 0 Å². The summed E-state index contributed by atoms with van der Waals surface area (Å²) in [6.45, 7) is 4.06. The van der Waals surface area contributed by atoms with E-state index < -0.39 is 0 Å². The molecule has 0 aromatic rings. The summed E-state index contributed by atoms with van der Waals surface area (Å²) < 4.78 is 0. The van der Waals surface area contributed by atoms with Crippen LogP contribution in [-0.4, -0.2) is 28.9 Å². The standard InChI is InChI=1S/C12H21N3O/c1-8(2)15-10(11(13)14-12(15)16)9-6-4-3-5-7-9/h8-10H,3-7H2,1-2H3,(H2,13,14,16). The van der Waals surface area contributed by atoms with Gasteiger partial charge in [-0.1, -0.05) is 19.3 Å². The zero-order chi connectivity index (χ0) is 11.7. The van der Waals surface area contributed by atoms with Crippen LogP contribution in [0.25, 0.3) is 0 Å². The van der Waals surface area contributed by atoms with Gasteiger partial charge >= 0.3 is 6.03 Å². The molecule has 4 nitrogen and oxygen atoms in total. The van der Waals surface area contributed by atoms with Crippen LogP contribution in [0.1, 0.15) is 46.0 Å². The highest BCUT2D eigenvalue weighted by molar-refractivity contribution is 6.03.